The van der Waals surface area contributed by atoms with Crippen molar-refractivity contribution in [2.24, 2.45) is 0 Å². The zero-order valence-electron chi connectivity index (χ0n) is 19.3. The molecule has 7 heteroatoms. The molecule has 0 N–H and O–H groups in total. The summed E-state index contributed by atoms with van der Waals surface area (Å²) in [5.41, 5.74) is 0.979. The molecule has 178 valence electrons. The topological polar surface area (TPSA) is 49.9 Å². The molecule has 1 aromatic heterocycles. The molecule has 34 heavy (non-hydrogen) atoms. The minimum absolute atomic E-state index is 0.0308. The zero-order valence-corrected chi connectivity index (χ0v) is 20.1. The van der Waals surface area contributed by atoms with Crippen LogP contribution in [0.2, 0.25) is 0 Å². The van der Waals surface area contributed by atoms with E-state index in [0.29, 0.717) is 19.7 Å². The molecule has 3 aromatic rings. The highest BCUT2D eigenvalue weighted by Crippen LogP contribution is 2.20. The number of rotatable bonds is 9. The number of carbonyl (C=O) groups excluding carboxylic acids is 2. The Morgan fingerprint density at radius 3 is 2.44 bits per heavy atom. The van der Waals surface area contributed by atoms with Gasteiger partial charge >= 0.3 is 0 Å². The van der Waals surface area contributed by atoms with E-state index in [0.717, 1.165) is 23.3 Å². The first-order valence-electron chi connectivity index (χ1n) is 11.5. The highest BCUT2D eigenvalue weighted by atomic mass is 32.1. The number of ether oxygens (including phenoxy) is 1. The minimum atomic E-state index is -0.590. The lowest BCUT2D eigenvalue weighted by Gasteiger charge is -2.29. The molecule has 0 bridgehead atoms. The van der Waals surface area contributed by atoms with Gasteiger partial charge in [0, 0.05) is 29.5 Å². The molecule has 1 aliphatic rings. The van der Waals surface area contributed by atoms with E-state index in [2.05, 4.69) is 0 Å². The molecule has 0 spiro atoms. The summed E-state index contributed by atoms with van der Waals surface area (Å²) in [5.74, 6) is -1.27. The van der Waals surface area contributed by atoms with E-state index in [1.54, 1.807) is 28.4 Å². The Morgan fingerprint density at radius 2 is 1.76 bits per heavy atom. The number of halogens is 1. The number of amides is 2. The largest absolute Gasteiger partial charge is 0.376 e. The first-order valence-corrected chi connectivity index (χ1v) is 12.3. The van der Waals surface area contributed by atoms with Crippen LogP contribution in [0.1, 0.15) is 38.5 Å². The maximum Gasteiger partial charge on any atom is 0.257 e. The van der Waals surface area contributed by atoms with Crippen LogP contribution < -0.4 is 0 Å². The van der Waals surface area contributed by atoms with Crippen molar-refractivity contribution >= 4 is 23.2 Å². The van der Waals surface area contributed by atoms with Crippen LogP contribution in [-0.4, -0.2) is 47.4 Å². The lowest BCUT2D eigenvalue weighted by atomic mass is 10.1. The van der Waals surface area contributed by atoms with Crippen molar-refractivity contribution in [1.29, 1.82) is 0 Å². The molecule has 0 aliphatic carbocycles. The maximum absolute atomic E-state index is 14.4. The molecule has 0 radical (unpaired) electrons. The summed E-state index contributed by atoms with van der Waals surface area (Å²) in [6.45, 7) is 3.68. The molecule has 1 unspecified atom stereocenters. The number of hydrogen-bond acceptors (Lipinski definition) is 4. The van der Waals surface area contributed by atoms with Crippen LogP contribution >= 0.6 is 11.3 Å². The minimum Gasteiger partial charge on any atom is -0.376 e. The predicted molar refractivity (Wildman–Crippen MR) is 131 cm³/mol. The van der Waals surface area contributed by atoms with Gasteiger partial charge in [-0.05, 0) is 49.6 Å². The Labute approximate surface area is 203 Å². The molecule has 1 atom stereocenters. The van der Waals surface area contributed by atoms with E-state index in [9.17, 15) is 14.0 Å². The number of nitrogens with zero attached hydrogens (tertiary/aromatic N) is 2. The van der Waals surface area contributed by atoms with E-state index in [4.69, 9.17) is 4.74 Å². The molecule has 4 rings (SSSR count). The summed E-state index contributed by atoms with van der Waals surface area (Å²) >= 11 is 1.65. The lowest BCUT2D eigenvalue weighted by molar-refractivity contribution is -0.133. The number of hydrogen-bond donors (Lipinski definition) is 0. The van der Waals surface area contributed by atoms with Crippen LogP contribution in [0.5, 0.6) is 0 Å². The average molecular weight is 481 g/mol. The summed E-state index contributed by atoms with van der Waals surface area (Å²) in [7, 11) is 0. The number of carbonyl (C=O) groups is 2. The van der Waals surface area contributed by atoms with Crippen LogP contribution in [0, 0.1) is 12.7 Å². The molecule has 1 saturated heterocycles. The van der Waals surface area contributed by atoms with E-state index in [-0.39, 0.29) is 30.7 Å². The maximum atomic E-state index is 14.4. The fourth-order valence-electron chi connectivity index (χ4n) is 4.12. The molecular weight excluding hydrogens is 451 g/mol. The summed E-state index contributed by atoms with van der Waals surface area (Å²) in [4.78, 5) is 32.3. The van der Waals surface area contributed by atoms with Crippen molar-refractivity contribution in [3.8, 4) is 0 Å². The average Bonchev–Trinajstić information content (AvgIpc) is 3.50. The quantitative estimate of drug-likeness (QED) is 0.431. The second-order valence-electron chi connectivity index (χ2n) is 8.55. The van der Waals surface area contributed by atoms with E-state index < -0.39 is 11.7 Å². The second kappa shape index (κ2) is 11.4. The van der Waals surface area contributed by atoms with Gasteiger partial charge < -0.3 is 14.5 Å². The normalized spacial score (nSPS) is 15.3. The summed E-state index contributed by atoms with van der Waals surface area (Å²) in [6.07, 6.45) is 1.58. The SMILES string of the molecule is Cc1ccc(CN(Cc2ccccc2)C(=O)CN(CC2CCCO2)C(=O)c2ccccc2F)s1. The van der Waals surface area contributed by atoms with Crippen LogP contribution in [-0.2, 0) is 22.6 Å². The number of thiophene rings is 1. The van der Waals surface area contributed by atoms with Crippen molar-refractivity contribution in [2.75, 3.05) is 19.7 Å². The predicted octanol–water partition coefficient (Wildman–Crippen LogP) is 5.05. The van der Waals surface area contributed by atoms with Gasteiger partial charge in [-0.2, -0.15) is 0 Å². The summed E-state index contributed by atoms with van der Waals surface area (Å²) in [6, 6.07) is 19.8. The van der Waals surface area contributed by atoms with Gasteiger partial charge in [-0.1, -0.05) is 42.5 Å². The van der Waals surface area contributed by atoms with Gasteiger partial charge in [-0.25, -0.2) is 4.39 Å². The monoisotopic (exact) mass is 480 g/mol. The fourth-order valence-corrected chi connectivity index (χ4v) is 5.02. The number of aryl methyl sites for hydroxylation is 1. The van der Waals surface area contributed by atoms with Gasteiger partial charge in [0.15, 0.2) is 0 Å². The Kier molecular flexibility index (Phi) is 8.08. The summed E-state index contributed by atoms with van der Waals surface area (Å²) in [5, 5.41) is 0. The van der Waals surface area contributed by atoms with Gasteiger partial charge in [-0.3, -0.25) is 9.59 Å². The molecular formula is C27H29FN2O3S. The van der Waals surface area contributed by atoms with Crippen molar-refractivity contribution in [1.82, 2.24) is 9.80 Å². The van der Waals surface area contributed by atoms with E-state index >= 15 is 0 Å². The van der Waals surface area contributed by atoms with Gasteiger partial charge in [0.1, 0.15) is 12.4 Å². The molecule has 2 aromatic carbocycles. The van der Waals surface area contributed by atoms with Crippen molar-refractivity contribution in [3.63, 3.8) is 0 Å². The third kappa shape index (κ3) is 6.30. The fraction of sp³-hybridized carbons (Fsp3) is 0.333. The Morgan fingerprint density at radius 1 is 1.00 bits per heavy atom. The molecule has 0 saturated carbocycles. The highest BCUT2D eigenvalue weighted by Gasteiger charge is 2.28. The van der Waals surface area contributed by atoms with Crippen molar-refractivity contribution in [3.05, 3.63) is 93.4 Å². The molecule has 5 nitrogen and oxygen atoms in total. The Balaban J connectivity index is 1.56. The molecule has 1 fully saturated rings. The van der Waals surface area contributed by atoms with Crippen LogP contribution in [0.15, 0.2) is 66.7 Å². The van der Waals surface area contributed by atoms with Gasteiger partial charge in [-0.15, -0.1) is 11.3 Å². The molecule has 2 amide bonds. The van der Waals surface area contributed by atoms with E-state index in [1.165, 1.54) is 21.9 Å². The van der Waals surface area contributed by atoms with Gasteiger partial charge in [0.05, 0.1) is 18.2 Å². The smallest absolute Gasteiger partial charge is 0.257 e. The van der Waals surface area contributed by atoms with Gasteiger partial charge in [0.2, 0.25) is 5.91 Å². The van der Waals surface area contributed by atoms with Gasteiger partial charge in [0.25, 0.3) is 5.91 Å². The first-order chi connectivity index (χ1) is 16.5. The molecule has 1 aliphatic heterocycles. The third-order valence-electron chi connectivity index (χ3n) is 5.88. The Hall–Kier alpha value is -3.03. The first kappa shape index (κ1) is 24.1. The van der Waals surface area contributed by atoms with Crippen LogP contribution in [0.25, 0.3) is 0 Å². The summed E-state index contributed by atoms with van der Waals surface area (Å²) < 4.78 is 20.1. The zero-order chi connectivity index (χ0) is 23.9. The molecule has 2 heterocycles. The van der Waals surface area contributed by atoms with Crippen LogP contribution in [0.4, 0.5) is 4.39 Å². The van der Waals surface area contributed by atoms with Crippen molar-refractivity contribution < 1.29 is 18.7 Å². The van der Waals surface area contributed by atoms with E-state index in [1.807, 2.05) is 49.4 Å². The Bertz CT molecular complexity index is 1110. The highest BCUT2D eigenvalue weighted by molar-refractivity contribution is 7.11. The third-order valence-corrected chi connectivity index (χ3v) is 6.86. The van der Waals surface area contributed by atoms with Crippen molar-refractivity contribution in [2.45, 2.75) is 39.0 Å². The van der Waals surface area contributed by atoms with Crippen LogP contribution in [0.3, 0.4) is 0 Å². The number of benzene rings is 2. The standard InChI is InChI=1S/C27H29FN2O3S/c1-20-13-14-23(34-20)18-29(16-21-8-3-2-4-9-21)26(31)19-30(17-22-10-7-15-33-22)27(32)24-11-5-6-12-25(24)28/h2-6,8-9,11-14,22H,7,10,15-19H2,1H3. The second-order valence-corrected chi connectivity index (χ2v) is 9.92. The lowest BCUT2D eigenvalue weighted by Crippen LogP contribution is -2.45.